The van der Waals surface area contributed by atoms with Crippen molar-refractivity contribution in [3.63, 3.8) is 0 Å². The predicted octanol–water partition coefficient (Wildman–Crippen LogP) is -0.406. The van der Waals surface area contributed by atoms with Crippen LogP contribution in [0, 0.1) is 0 Å². The topological polar surface area (TPSA) is 88.8 Å². The largest absolute Gasteiger partial charge is 0.337 e. The number of likely N-dealkylation sites (tertiary alicyclic amines) is 1. The number of halogens is 1. The number of aromatic nitrogens is 5. The van der Waals surface area contributed by atoms with Crippen molar-refractivity contribution in [3.05, 3.63) is 30.2 Å². The molecule has 0 saturated carbocycles. The van der Waals surface area contributed by atoms with Crippen molar-refractivity contribution in [3.8, 4) is 5.82 Å². The molecule has 1 N–H and O–H groups in total. The molecule has 2 bridgehead atoms. The lowest BCUT2D eigenvalue weighted by Crippen LogP contribution is -2.47. The summed E-state index contributed by atoms with van der Waals surface area (Å²) in [6, 6.07) is 4.57. The molecule has 0 aliphatic carbocycles. The Bertz CT molecular complexity index is 645. The van der Waals surface area contributed by atoms with E-state index in [1.54, 1.807) is 6.20 Å². The molecule has 2 aromatic rings. The number of carbonyl (C=O) groups excluding carboxylic acids is 1. The summed E-state index contributed by atoms with van der Waals surface area (Å²) in [5.74, 6) is 0.821. The SMILES string of the molecule is Cl.O=C(Cc1ccc(-n2cnnn2)nc1)N1C[C@@H]2C[C@H]1CN2. The Balaban J connectivity index is 0.00000144. The van der Waals surface area contributed by atoms with Crippen LogP contribution in [0.4, 0.5) is 0 Å². The molecular weight excluding hydrogens is 306 g/mol. The van der Waals surface area contributed by atoms with Gasteiger partial charge in [-0.2, -0.15) is 4.68 Å². The van der Waals surface area contributed by atoms with Gasteiger partial charge in [0.25, 0.3) is 0 Å². The van der Waals surface area contributed by atoms with Crippen LogP contribution in [-0.2, 0) is 11.2 Å². The first-order valence-corrected chi connectivity index (χ1v) is 7.01. The lowest BCUT2D eigenvalue weighted by atomic mass is 10.1. The van der Waals surface area contributed by atoms with Gasteiger partial charge in [0.2, 0.25) is 5.91 Å². The second-order valence-corrected chi connectivity index (χ2v) is 5.50. The number of tetrazole rings is 1. The number of hydrogen-bond donors (Lipinski definition) is 1. The van der Waals surface area contributed by atoms with Crippen molar-refractivity contribution >= 4 is 18.3 Å². The smallest absolute Gasteiger partial charge is 0.227 e. The van der Waals surface area contributed by atoms with Gasteiger partial charge in [-0.15, -0.1) is 17.5 Å². The van der Waals surface area contributed by atoms with Crippen molar-refractivity contribution < 1.29 is 4.79 Å². The first kappa shape index (κ1) is 14.9. The maximum absolute atomic E-state index is 12.4. The number of pyridine rings is 1. The van der Waals surface area contributed by atoms with E-state index in [1.165, 1.54) is 11.0 Å². The van der Waals surface area contributed by atoms with Crippen LogP contribution in [0.1, 0.15) is 12.0 Å². The fraction of sp³-hybridized carbons (Fsp3) is 0.462. The van der Waals surface area contributed by atoms with E-state index < -0.39 is 0 Å². The molecular formula is C13H16ClN7O. The molecule has 0 unspecified atom stereocenters. The second kappa shape index (κ2) is 5.98. The van der Waals surface area contributed by atoms with Crippen molar-refractivity contribution in [1.82, 2.24) is 35.4 Å². The van der Waals surface area contributed by atoms with Gasteiger partial charge < -0.3 is 10.2 Å². The fourth-order valence-corrected chi connectivity index (χ4v) is 3.07. The molecule has 2 atom stereocenters. The predicted molar refractivity (Wildman–Crippen MR) is 79.8 cm³/mol. The highest BCUT2D eigenvalue weighted by molar-refractivity contribution is 5.85. The van der Waals surface area contributed by atoms with Crippen LogP contribution >= 0.6 is 12.4 Å². The van der Waals surface area contributed by atoms with Crippen molar-refractivity contribution in [1.29, 1.82) is 0 Å². The maximum Gasteiger partial charge on any atom is 0.227 e. The van der Waals surface area contributed by atoms with Crippen molar-refractivity contribution in [2.45, 2.75) is 24.9 Å². The molecule has 9 heteroatoms. The van der Waals surface area contributed by atoms with Crippen LogP contribution in [0.2, 0.25) is 0 Å². The molecule has 2 fully saturated rings. The zero-order chi connectivity index (χ0) is 14.2. The zero-order valence-corrected chi connectivity index (χ0v) is 12.6. The summed E-state index contributed by atoms with van der Waals surface area (Å²) in [5, 5.41) is 14.3. The quantitative estimate of drug-likeness (QED) is 0.827. The molecule has 2 aromatic heterocycles. The van der Waals surface area contributed by atoms with Crippen molar-refractivity contribution in [2.75, 3.05) is 13.1 Å². The minimum absolute atomic E-state index is 0. The first-order valence-electron chi connectivity index (χ1n) is 7.01. The van der Waals surface area contributed by atoms with Crippen LogP contribution in [0.3, 0.4) is 0 Å². The van der Waals surface area contributed by atoms with Gasteiger partial charge in [0.1, 0.15) is 6.33 Å². The van der Waals surface area contributed by atoms with E-state index in [0.29, 0.717) is 24.3 Å². The first-order chi connectivity index (χ1) is 10.3. The Kier molecular flexibility index (Phi) is 4.04. The average molecular weight is 322 g/mol. The van der Waals surface area contributed by atoms with E-state index in [1.807, 2.05) is 17.0 Å². The molecule has 8 nitrogen and oxygen atoms in total. The standard InChI is InChI=1S/C13H15N7O.ClH/c21-13(19-7-10-4-11(19)6-14-10)3-9-1-2-12(15-5-9)20-8-16-17-18-20;/h1-2,5,8,10-11,14H,3-4,6-7H2;1H/t10-,11-;/m0./s1. The Hall–Kier alpha value is -2.06. The summed E-state index contributed by atoms with van der Waals surface area (Å²) in [6.07, 6.45) is 4.68. The lowest BCUT2D eigenvalue weighted by molar-refractivity contribution is -0.131. The zero-order valence-electron chi connectivity index (χ0n) is 11.8. The summed E-state index contributed by atoms with van der Waals surface area (Å²) in [4.78, 5) is 18.6. The van der Waals surface area contributed by atoms with E-state index in [4.69, 9.17) is 0 Å². The Morgan fingerprint density at radius 3 is 2.91 bits per heavy atom. The average Bonchev–Trinajstić information content (AvgIpc) is 3.25. The van der Waals surface area contributed by atoms with E-state index >= 15 is 0 Å². The number of rotatable bonds is 3. The monoisotopic (exact) mass is 321 g/mol. The van der Waals surface area contributed by atoms with Crippen LogP contribution < -0.4 is 5.32 Å². The number of amides is 1. The molecule has 4 heterocycles. The number of nitrogens with one attached hydrogen (secondary N) is 1. The van der Waals surface area contributed by atoms with E-state index in [2.05, 4.69) is 25.8 Å². The van der Waals surface area contributed by atoms with E-state index in [-0.39, 0.29) is 18.3 Å². The van der Waals surface area contributed by atoms with Gasteiger partial charge in [0.15, 0.2) is 5.82 Å². The summed E-state index contributed by atoms with van der Waals surface area (Å²) >= 11 is 0. The number of hydrogen-bond acceptors (Lipinski definition) is 6. The number of piperazine rings is 1. The normalized spacial score (nSPS) is 22.6. The highest BCUT2D eigenvalue weighted by Gasteiger charge is 2.39. The van der Waals surface area contributed by atoms with Crippen LogP contribution in [-0.4, -0.2) is 61.2 Å². The Labute approximate surface area is 133 Å². The molecule has 4 rings (SSSR count). The minimum Gasteiger partial charge on any atom is -0.337 e. The second-order valence-electron chi connectivity index (χ2n) is 5.50. The van der Waals surface area contributed by atoms with Crippen molar-refractivity contribution in [2.24, 2.45) is 0 Å². The maximum atomic E-state index is 12.4. The molecule has 2 saturated heterocycles. The van der Waals surface area contributed by atoms with E-state index in [9.17, 15) is 4.79 Å². The van der Waals surface area contributed by atoms with Gasteiger partial charge in [0, 0.05) is 31.4 Å². The lowest BCUT2D eigenvalue weighted by Gasteiger charge is -2.27. The van der Waals surface area contributed by atoms with Gasteiger partial charge in [-0.1, -0.05) is 6.07 Å². The number of carbonyl (C=O) groups is 1. The molecule has 1 amide bonds. The molecule has 0 aromatic carbocycles. The summed E-state index contributed by atoms with van der Waals surface area (Å²) < 4.78 is 1.48. The summed E-state index contributed by atoms with van der Waals surface area (Å²) in [6.45, 7) is 1.76. The summed E-state index contributed by atoms with van der Waals surface area (Å²) in [5.41, 5.74) is 0.910. The van der Waals surface area contributed by atoms with Crippen LogP contribution in [0.15, 0.2) is 24.7 Å². The highest BCUT2D eigenvalue weighted by atomic mass is 35.5. The fourth-order valence-electron chi connectivity index (χ4n) is 3.07. The van der Waals surface area contributed by atoms with Crippen LogP contribution in [0.5, 0.6) is 0 Å². The van der Waals surface area contributed by atoms with E-state index in [0.717, 1.165) is 25.1 Å². The van der Waals surface area contributed by atoms with Gasteiger partial charge in [-0.05, 0) is 28.5 Å². The Morgan fingerprint density at radius 2 is 2.32 bits per heavy atom. The third-order valence-corrected chi connectivity index (χ3v) is 4.13. The van der Waals surface area contributed by atoms with Gasteiger partial charge in [-0.25, -0.2) is 4.98 Å². The van der Waals surface area contributed by atoms with Gasteiger partial charge in [-0.3, -0.25) is 4.79 Å². The van der Waals surface area contributed by atoms with Gasteiger partial charge in [0.05, 0.1) is 6.42 Å². The molecule has 2 aliphatic heterocycles. The van der Waals surface area contributed by atoms with Crippen LogP contribution in [0.25, 0.3) is 5.82 Å². The molecule has 2 aliphatic rings. The number of nitrogens with zero attached hydrogens (tertiary/aromatic N) is 6. The molecule has 0 radical (unpaired) electrons. The summed E-state index contributed by atoms with van der Waals surface area (Å²) in [7, 11) is 0. The van der Waals surface area contributed by atoms with Gasteiger partial charge >= 0.3 is 0 Å². The molecule has 116 valence electrons. The number of fused-ring (bicyclic) bond motifs is 2. The minimum atomic E-state index is 0. The Morgan fingerprint density at radius 1 is 1.41 bits per heavy atom. The molecule has 22 heavy (non-hydrogen) atoms. The third-order valence-electron chi connectivity index (χ3n) is 4.13. The molecule has 0 spiro atoms. The highest BCUT2D eigenvalue weighted by Crippen LogP contribution is 2.23. The third kappa shape index (κ3) is 2.67.